The number of alkyl halides is 3. The first-order valence-corrected chi connectivity index (χ1v) is 5.17. The molecule has 1 unspecified atom stereocenters. The predicted molar refractivity (Wildman–Crippen MR) is 59.6 cm³/mol. The third-order valence-electron chi connectivity index (χ3n) is 2.27. The highest BCUT2D eigenvalue weighted by Crippen LogP contribution is 2.41. The first kappa shape index (κ1) is 14.6. The minimum Gasteiger partial charge on any atom is -0.496 e. The minimum atomic E-state index is -4.57. The Labute approximate surface area is 102 Å². The van der Waals surface area contributed by atoms with Crippen molar-refractivity contribution in [2.75, 3.05) is 25.6 Å². The number of aliphatic hydroxyl groups excluding tert-OH is 2. The van der Waals surface area contributed by atoms with Gasteiger partial charge in [-0.1, -0.05) is 6.07 Å². The van der Waals surface area contributed by atoms with Crippen molar-refractivity contribution in [3.05, 3.63) is 23.8 Å². The summed E-state index contributed by atoms with van der Waals surface area (Å²) in [4.78, 5) is 0. The maximum absolute atomic E-state index is 12.9. The van der Waals surface area contributed by atoms with Gasteiger partial charge in [0.25, 0.3) is 0 Å². The zero-order valence-electron chi connectivity index (χ0n) is 9.66. The second kappa shape index (κ2) is 5.92. The largest absolute Gasteiger partial charge is 0.496 e. The Kier molecular flexibility index (Phi) is 4.80. The number of aliphatic hydroxyl groups is 2. The van der Waals surface area contributed by atoms with Gasteiger partial charge in [-0.2, -0.15) is 13.2 Å². The number of methoxy groups -OCH3 is 1. The van der Waals surface area contributed by atoms with Gasteiger partial charge in [-0.3, -0.25) is 0 Å². The van der Waals surface area contributed by atoms with Crippen LogP contribution in [0.15, 0.2) is 18.2 Å². The van der Waals surface area contributed by atoms with Gasteiger partial charge in [-0.05, 0) is 12.1 Å². The maximum Gasteiger partial charge on any atom is 0.421 e. The zero-order chi connectivity index (χ0) is 13.8. The lowest BCUT2D eigenvalue weighted by atomic mass is 10.1. The van der Waals surface area contributed by atoms with Gasteiger partial charge in [-0.25, -0.2) is 0 Å². The molecule has 1 atom stereocenters. The van der Waals surface area contributed by atoms with Gasteiger partial charge in [0.1, 0.15) is 11.3 Å². The van der Waals surface area contributed by atoms with Gasteiger partial charge in [0, 0.05) is 6.54 Å². The lowest BCUT2D eigenvalue weighted by Gasteiger charge is -2.18. The van der Waals surface area contributed by atoms with Crippen LogP contribution in [0.2, 0.25) is 0 Å². The molecule has 1 aromatic rings. The quantitative estimate of drug-likeness (QED) is 0.754. The summed E-state index contributed by atoms with van der Waals surface area (Å²) in [6, 6.07) is 3.84. The number of anilines is 1. The van der Waals surface area contributed by atoms with E-state index < -0.39 is 24.5 Å². The van der Waals surface area contributed by atoms with E-state index in [-0.39, 0.29) is 18.0 Å². The van der Waals surface area contributed by atoms with Crippen LogP contribution in [0.25, 0.3) is 0 Å². The number of hydrogen-bond acceptors (Lipinski definition) is 4. The van der Waals surface area contributed by atoms with Gasteiger partial charge >= 0.3 is 6.18 Å². The third-order valence-corrected chi connectivity index (χ3v) is 2.27. The Hall–Kier alpha value is -1.47. The summed E-state index contributed by atoms with van der Waals surface area (Å²) in [5.41, 5.74) is -1.13. The van der Waals surface area contributed by atoms with Crippen molar-refractivity contribution in [3.63, 3.8) is 0 Å². The second-order valence-corrected chi connectivity index (χ2v) is 3.60. The van der Waals surface area contributed by atoms with E-state index in [1.807, 2.05) is 0 Å². The van der Waals surface area contributed by atoms with E-state index in [0.29, 0.717) is 0 Å². The molecule has 0 aliphatic rings. The fourth-order valence-corrected chi connectivity index (χ4v) is 1.43. The molecular weight excluding hydrogens is 251 g/mol. The average molecular weight is 265 g/mol. The van der Waals surface area contributed by atoms with E-state index in [4.69, 9.17) is 10.2 Å². The van der Waals surface area contributed by atoms with Gasteiger partial charge in [0.15, 0.2) is 0 Å². The highest BCUT2D eigenvalue weighted by atomic mass is 19.4. The van der Waals surface area contributed by atoms with E-state index >= 15 is 0 Å². The number of ether oxygens (including phenoxy) is 1. The van der Waals surface area contributed by atoms with Gasteiger partial charge in [0.05, 0.1) is 25.5 Å². The van der Waals surface area contributed by atoms with Crippen LogP contribution in [0.5, 0.6) is 5.75 Å². The summed E-state index contributed by atoms with van der Waals surface area (Å²) in [7, 11) is 1.15. The molecule has 0 saturated carbocycles. The van der Waals surface area contributed by atoms with Crippen LogP contribution in [0.4, 0.5) is 18.9 Å². The molecule has 4 nitrogen and oxygen atoms in total. The van der Waals surface area contributed by atoms with Crippen molar-refractivity contribution in [2.45, 2.75) is 12.3 Å². The van der Waals surface area contributed by atoms with E-state index in [2.05, 4.69) is 10.1 Å². The second-order valence-electron chi connectivity index (χ2n) is 3.60. The fourth-order valence-electron chi connectivity index (χ4n) is 1.43. The van der Waals surface area contributed by atoms with E-state index in [1.54, 1.807) is 0 Å². The van der Waals surface area contributed by atoms with E-state index in [9.17, 15) is 13.2 Å². The molecule has 0 bridgehead atoms. The van der Waals surface area contributed by atoms with Crippen LogP contribution >= 0.6 is 0 Å². The molecule has 0 amide bonds. The summed E-state index contributed by atoms with van der Waals surface area (Å²) in [5, 5.41) is 20.2. The molecule has 0 aliphatic carbocycles. The van der Waals surface area contributed by atoms with Crippen LogP contribution in [-0.2, 0) is 6.18 Å². The monoisotopic (exact) mass is 265 g/mol. The SMILES string of the molecule is COc1cccc(NCC(O)CO)c1C(F)(F)F. The van der Waals surface area contributed by atoms with Crippen LogP contribution in [-0.4, -0.2) is 36.6 Å². The molecule has 0 radical (unpaired) electrons. The summed E-state index contributed by atoms with van der Waals surface area (Å²) >= 11 is 0. The van der Waals surface area contributed by atoms with E-state index in [1.165, 1.54) is 18.2 Å². The molecule has 0 fully saturated rings. The molecule has 102 valence electrons. The molecule has 3 N–H and O–H groups in total. The normalized spacial score (nSPS) is 13.2. The predicted octanol–water partition coefficient (Wildman–Crippen LogP) is 1.48. The average Bonchev–Trinajstić information content (AvgIpc) is 2.33. The molecule has 1 rings (SSSR count). The number of nitrogens with one attached hydrogen (secondary N) is 1. The lowest BCUT2D eigenvalue weighted by molar-refractivity contribution is -0.138. The molecule has 0 saturated heterocycles. The Balaban J connectivity index is 3.03. The molecule has 0 aromatic heterocycles. The topological polar surface area (TPSA) is 61.7 Å². The molecule has 0 aliphatic heterocycles. The van der Waals surface area contributed by atoms with Gasteiger partial charge in [0.2, 0.25) is 0 Å². The van der Waals surface area contributed by atoms with Crippen molar-refractivity contribution in [3.8, 4) is 5.75 Å². The Bertz CT molecular complexity index is 396. The minimum absolute atomic E-state index is 0.188. The first-order chi connectivity index (χ1) is 8.40. The molecule has 1 aromatic carbocycles. The van der Waals surface area contributed by atoms with Crippen LogP contribution in [0.1, 0.15) is 5.56 Å². The smallest absolute Gasteiger partial charge is 0.421 e. The Morgan fingerprint density at radius 1 is 1.39 bits per heavy atom. The highest BCUT2D eigenvalue weighted by Gasteiger charge is 2.37. The molecule has 0 heterocycles. The first-order valence-electron chi connectivity index (χ1n) is 5.17. The van der Waals surface area contributed by atoms with Gasteiger partial charge < -0.3 is 20.3 Å². The Morgan fingerprint density at radius 3 is 2.56 bits per heavy atom. The molecule has 18 heavy (non-hydrogen) atoms. The summed E-state index contributed by atoms with van der Waals surface area (Å²) in [6.45, 7) is -0.717. The number of hydrogen-bond donors (Lipinski definition) is 3. The lowest BCUT2D eigenvalue weighted by Crippen LogP contribution is -2.24. The fraction of sp³-hybridized carbons (Fsp3) is 0.455. The van der Waals surface area contributed by atoms with Crippen molar-refractivity contribution in [1.29, 1.82) is 0 Å². The van der Waals surface area contributed by atoms with Crippen molar-refractivity contribution in [2.24, 2.45) is 0 Å². The number of benzene rings is 1. The summed E-state index contributed by atoms with van der Waals surface area (Å²) < 4.78 is 43.3. The van der Waals surface area contributed by atoms with E-state index in [0.717, 1.165) is 7.11 Å². The van der Waals surface area contributed by atoms with Crippen molar-refractivity contribution < 1.29 is 28.1 Å². The molecular formula is C11H14F3NO3. The van der Waals surface area contributed by atoms with Crippen LogP contribution in [0.3, 0.4) is 0 Å². The third kappa shape index (κ3) is 3.51. The summed E-state index contributed by atoms with van der Waals surface area (Å²) in [5.74, 6) is -0.300. The summed E-state index contributed by atoms with van der Waals surface area (Å²) in [6.07, 6.45) is -5.70. The number of halogens is 3. The standard InChI is InChI=1S/C11H14F3NO3/c1-18-9-4-2-3-8(10(9)11(12,13)14)15-5-7(17)6-16/h2-4,7,15-17H,5-6H2,1H3. The maximum atomic E-state index is 12.9. The highest BCUT2D eigenvalue weighted by molar-refractivity contribution is 5.59. The van der Waals surface area contributed by atoms with Crippen LogP contribution < -0.4 is 10.1 Å². The molecule has 0 spiro atoms. The Morgan fingerprint density at radius 2 is 2.06 bits per heavy atom. The van der Waals surface area contributed by atoms with Crippen molar-refractivity contribution >= 4 is 5.69 Å². The van der Waals surface area contributed by atoms with Crippen molar-refractivity contribution in [1.82, 2.24) is 0 Å². The van der Waals surface area contributed by atoms with Gasteiger partial charge in [-0.15, -0.1) is 0 Å². The molecule has 7 heteroatoms. The zero-order valence-corrected chi connectivity index (χ0v) is 9.66. The van der Waals surface area contributed by atoms with Crippen LogP contribution in [0, 0.1) is 0 Å². The number of rotatable bonds is 5.